The van der Waals surface area contributed by atoms with E-state index >= 15 is 0 Å². The lowest BCUT2D eigenvalue weighted by atomic mass is 9.77. The van der Waals surface area contributed by atoms with Crippen LogP contribution in [0.4, 0.5) is 0 Å². The summed E-state index contributed by atoms with van der Waals surface area (Å²) in [5.74, 6) is 2.01. The number of hydrogen-bond donors (Lipinski definition) is 0. The van der Waals surface area contributed by atoms with Gasteiger partial charge in [0, 0.05) is 5.56 Å². The van der Waals surface area contributed by atoms with Crippen LogP contribution in [0.3, 0.4) is 0 Å². The highest BCUT2D eigenvalue weighted by atomic mass is 16.7. The SMILES string of the molecule is CCCCCC1CCC(c2ccc(CC(=O)O[C@H](OC(=O)c3ccc(C4CCC(CCCCC)CC4)cc3)c3ccccc3)cc2)CC1. The molecule has 2 aliphatic carbocycles. The quantitative estimate of drug-likeness (QED) is 0.0879. The van der Waals surface area contributed by atoms with E-state index in [0.717, 1.165) is 17.4 Å². The van der Waals surface area contributed by atoms with Crippen LogP contribution in [0.2, 0.25) is 0 Å². The van der Waals surface area contributed by atoms with E-state index in [-0.39, 0.29) is 6.42 Å². The number of esters is 2. The highest BCUT2D eigenvalue weighted by molar-refractivity contribution is 5.89. The fourth-order valence-electron chi connectivity index (χ4n) is 8.00. The summed E-state index contributed by atoms with van der Waals surface area (Å²) in [6.45, 7) is 4.54. The van der Waals surface area contributed by atoms with E-state index in [1.807, 2.05) is 54.6 Å². The molecular weight excluding hydrogens is 592 g/mol. The van der Waals surface area contributed by atoms with Crippen molar-refractivity contribution in [1.29, 1.82) is 0 Å². The molecule has 5 rings (SSSR count). The Morgan fingerprint density at radius 3 is 1.60 bits per heavy atom. The van der Waals surface area contributed by atoms with Gasteiger partial charge in [-0.25, -0.2) is 4.79 Å². The zero-order valence-corrected chi connectivity index (χ0v) is 29.5. The minimum absolute atomic E-state index is 0.126. The molecule has 2 aliphatic rings. The lowest BCUT2D eigenvalue weighted by Gasteiger charge is -2.29. The number of unbranched alkanes of at least 4 members (excludes halogenated alkanes) is 4. The predicted octanol–water partition coefficient (Wildman–Crippen LogP) is 12.0. The van der Waals surface area contributed by atoms with Crippen molar-refractivity contribution in [2.45, 2.75) is 141 Å². The van der Waals surface area contributed by atoms with Crippen LogP contribution in [0, 0.1) is 11.8 Å². The lowest BCUT2D eigenvalue weighted by Crippen LogP contribution is -2.19. The Morgan fingerprint density at radius 1 is 0.604 bits per heavy atom. The number of ether oxygens (including phenoxy) is 2. The first-order valence-corrected chi connectivity index (χ1v) is 19.2. The molecule has 0 aliphatic heterocycles. The summed E-state index contributed by atoms with van der Waals surface area (Å²) >= 11 is 0. The van der Waals surface area contributed by atoms with Gasteiger partial charge in [0.15, 0.2) is 0 Å². The van der Waals surface area contributed by atoms with Gasteiger partial charge in [0.25, 0.3) is 6.29 Å². The molecule has 1 atom stereocenters. The van der Waals surface area contributed by atoms with Crippen LogP contribution < -0.4 is 0 Å². The van der Waals surface area contributed by atoms with Crippen LogP contribution >= 0.6 is 0 Å². The van der Waals surface area contributed by atoms with E-state index in [2.05, 4.69) is 38.1 Å². The summed E-state index contributed by atoms with van der Waals surface area (Å²) in [7, 11) is 0. The smallest absolute Gasteiger partial charge is 0.341 e. The topological polar surface area (TPSA) is 52.6 Å². The van der Waals surface area contributed by atoms with Crippen molar-refractivity contribution in [3.8, 4) is 0 Å². The fourth-order valence-corrected chi connectivity index (χ4v) is 8.00. The van der Waals surface area contributed by atoms with Crippen molar-refractivity contribution in [2.24, 2.45) is 11.8 Å². The highest BCUT2D eigenvalue weighted by Crippen LogP contribution is 2.39. The van der Waals surface area contributed by atoms with Crippen LogP contribution in [-0.4, -0.2) is 11.9 Å². The third-order valence-corrected chi connectivity index (χ3v) is 11.1. The number of rotatable bonds is 16. The Bertz CT molecular complexity index is 1360. The van der Waals surface area contributed by atoms with Gasteiger partial charge < -0.3 is 9.47 Å². The number of benzene rings is 3. The maximum atomic E-state index is 13.3. The van der Waals surface area contributed by atoms with E-state index in [9.17, 15) is 9.59 Å². The first kappa shape index (κ1) is 35.9. The molecule has 4 heteroatoms. The third-order valence-electron chi connectivity index (χ3n) is 11.1. The first-order chi connectivity index (χ1) is 23.5. The second-order valence-electron chi connectivity index (χ2n) is 14.6. The molecule has 0 spiro atoms. The van der Waals surface area contributed by atoms with E-state index in [4.69, 9.17) is 9.47 Å². The summed E-state index contributed by atoms with van der Waals surface area (Å²) in [4.78, 5) is 26.4. The van der Waals surface area contributed by atoms with E-state index in [1.54, 1.807) is 0 Å². The molecule has 0 aromatic heterocycles. The molecule has 0 saturated heterocycles. The molecule has 2 saturated carbocycles. The zero-order valence-electron chi connectivity index (χ0n) is 29.5. The molecule has 258 valence electrons. The Balaban J connectivity index is 1.12. The van der Waals surface area contributed by atoms with Gasteiger partial charge in [0.2, 0.25) is 0 Å². The minimum Gasteiger partial charge on any atom is -0.420 e. The molecule has 0 amide bonds. The number of hydrogen-bond acceptors (Lipinski definition) is 4. The predicted molar refractivity (Wildman–Crippen MR) is 195 cm³/mol. The van der Waals surface area contributed by atoms with Gasteiger partial charge in [-0.05, 0) is 104 Å². The maximum absolute atomic E-state index is 13.3. The van der Waals surface area contributed by atoms with Crippen LogP contribution in [-0.2, 0) is 20.7 Å². The van der Waals surface area contributed by atoms with Gasteiger partial charge in [-0.1, -0.05) is 132 Å². The van der Waals surface area contributed by atoms with Gasteiger partial charge in [0.05, 0.1) is 12.0 Å². The summed E-state index contributed by atoms with van der Waals surface area (Å²) in [5, 5.41) is 0. The van der Waals surface area contributed by atoms with Crippen molar-refractivity contribution in [2.75, 3.05) is 0 Å². The molecule has 0 N–H and O–H groups in total. The Labute approximate surface area is 290 Å². The molecule has 3 aromatic rings. The monoisotopic (exact) mass is 650 g/mol. The molecule has 2 fully saturated rings. The van der Waals surface area contributed by atoms with Gasteiger partial charge in [-0.3, -0.25) is 4.79 Å². The Morgan fingerprint density at radius 2 is 1.10 bits per heavy atom. The number of carbonyl (C=O) groups is 2. The van der Waals surface area contributed by atoms with E-state index in [0.29, 0.717) is 23.0 Å². The lowest BCUT2D eigenvalue weighted by molar-refractivity contribution is -0.169. The third kappa shape index (κ3) is 10.8. The highest BCUT2D eigenvalue weighted by Gasteiger charge is 2.25. The molecule has 0 bridgehead atoms. The van der Waals surface area contributed by atoms with Crippen molar-refractivity contribution in [1.82, 2.24) is 0 Å². The normalized spacial score (nSPS) is 21.7. The first-order valence-electron chi connectivity index (χ1n) is 19.2. The van der Waals surface area contributed by atoms with Gasteiger partial charge in [-0.15, -0.1) is 0 Å². The van der Waals surface area contributed by atoms with Gasteiger partial charge in [-0.2, -0.15) is 0 Å². The Kier molecular flexibility index (Phi) is 14.2. The molecule has 0 radical (unpaired) electrons. The van der Waals surface area contributed by atoms with Crippen LogP contribution in [0.25, 0.3) is 0 Å². The standard InChI is InChI=1S/C44H58O4/c1-3-5-8-12-33-16-22-36(23-17-33)38-26-20-35(21-27-38)32-42(45)47-44(41-14-10-7-11-15-41)48-43(46)40-30-28-39(29-31-40)37-24-18-34(19-25-37)13-9-6-4-2/h7,10-11,14-15,20-21,26-31,33-34,36-37,44H,3-6,8-9,12-13,16-19,22-25,32H2,1-2H3/t33?,34?,36?,37?,44-/m1/s1. The largest absolute Gasteiger partial charge is 0.420 e. The second kappa shape index (κ2) is 19.0. The molecule has 48 heavy (non-hydrogen) atoms. The van der Waals surface area contributed by atoms with E-state index in [1.165, 1.54) is 114 Å². The van der Waals surface area contributed by atoms with Crippen LogP contribution in [0.15, 0.2) is 78.9 Å². The second-order valence-corrected chi connectivity index (χ2v) is 14.6. The molecule has 4 nitrogen and oxygen atoms in total. The van der Waals surface area contributed by atoms with Gasteiger partial charge in [0.1, 0.15) is 0 Å². The zero-order chi connectivity index (χ0) is 33.6. The fraction of sp³-hybridized carbons (Fsp3) is 0.545. The minimum atomic E-state index is -1.11. The Hall–Kier alpha value is -3.40. The van der Waals surface area contributed by atoms with E-state index < -0.39 is 18.2 Å². The van der Waals surface area contributed by atoms with Crippen molar-refractivity contribution >= 4 is 11.9 Å². The van der Waals surface area contributed by atoms with Crippen molar-refractivity contribution in [3.63, 3.8) is 0 Å². The van der Waals surface area contributed by atoms with Crippen LogP contribution in [0.5, 0.6) is 0 Å². The van der Waals surface area contributed by atoms with Crippen molar-refractivity contribution < 1.29 is 19.1 Å². The van der Waals surface area contributed by atoms with Crippen LogP contribution in [0.1, 0.15) is 167 Å². The number of carbonyl (C=O) groups excluding carboxylic acids is 2. The molecular formula is C44H58O4. The maximum Gasteiger partial charge on any atom is 0.341 e. The molecule has 0 heterocycles. The van der Waals surface area contributed by atoms with Gasteiger partial charge >= 0.3 is 11.9 Å². The average molecular weight is 651 g/mol. The molecule has 3 aromatic carbocycles. The molecule has 0 unspecified atom stereocenters. The average Bonchev–Trinajstić information content (AvgIpc) is 3.13. The summed E-state index contributed by atoms with van der Waals surface area (Å²) in [6.07, 6.45) is 20.0. The van der Waals surface area contributed by atoms with Crippen molar-refractivity contribution in [3.05, 3.63) is 107 Å². The summed E-state index contributed by atoms with van der Waals surface area (Å²) in [5.41, 5.74) is 4.67. The summed E-state index contributed by atoms with van der Waals surface area (Å²) < 4.78 is 11.6. The summed E-state index contributed by atoms with van der Waals surface area (Å²) in [6, 6.07) is 25.6.